The van der Waals surface area contributed by atoms with E-state index in [2.05, 4.69) is 0 Å². The first kappa shape index (κ1) is 20.9. The van der Waals surface area contributed by atoms with E-state index in [1.165, 1.54) is 11.9 Å². The van der Waals surface area contributed by atoms with Gasteiger partial charge in [-0.25, -0.2) is 4.79 Å². The summed E-state index contributed by atoms with van der Waals surface area (Å²) >= 11 is 0. The number of benzene rings is 1. The number of carbonyl (C=O) groups is 3. The predicted octanol–water partition coefficient (Wildman–Crippen LogP) is 1.40. The van der Waals surface area contributed by atoms with Crippen molar-refractivity contribution in [2.75, 3.05) is 25.2 Å². The van der Waals surface area contributed by atoms with E-state index in [0.717, 1.165) is 0 Å². The highest BCUT2D eigenvalue weighted by molar-refractivity contribution is 6.18. The molecule has 3 rings (SSSR count). The first-order valence-electron chi connectivity index (χ1n) is 9.36. The molecule has 2 aliphatic heterocycles. The van der Waals surface area contributed by atoms with Crippen molar-refractivity contribution in [2.24, 2.45) is 5.73 Å². The minimum Gasteiger partial charge on any atom is -0.466 e. The van der Waals surface area contributed by atoms with Gasteiger partial charge in [0.2, 0.25) is 11.8 Å². The highest BCUT2D eigenvalue weighted by Gasteiger charge is 2.62. The maximum atomic E-state index is 13.6. The molecule has 156 valence electrons. The van der Waals surface area contributed by atoms with Crippen molar-refractivity contribution in [1.82, 2.24) is 0 Å². The number of ether oxygens (including phenoxy) is 3. The Hall–Kier alpha value is -3.80. The van der Waals surface area contributed by atoms with E-state index >= 15 is 0 Å². The molecule has 9 nitrogen and oxygen atoms in total. The average molecular weight is 411 g/mol. The monoisotopic (exact) mass is 411 g/mol. The van der Waals surface area contributed by atoms with Crippen molar-refractivity contribution in [3.63, 3.8) is 0 Å². The van der Waals surface area contributed by atoms with Gasteiger partial charge in [0.15, 0.2) is 5.41 Å². The first-order chi connectivity index (χ1) is 14.3. The van der Waals surface area contributed by atoms with Gasteiger partial charge in [-0.15, -0.1) is 0 Å². The number of rotatable bonds is 5. The van der Waals surface area contributed by atoms with Crippen LogP contribution in [0.2, 0.25) is 0 Å². The van der Waals surface area contributed by atoms with Gasteiger partial charge in [0.1, 0.15) is 29.4 Å². The second-order valence-corrected chi connectivity index (χ2v) is 6.58. The van der Waals surface area contributed by atoms with Crippen molar-refractivity contribution in [3.05, 3.63) is 52.6 Å². The van der Waals surface area contributed by atoms with Gasteiger partial charge in [0.05, 0.1) is 13.2 Å². The minimum atomic E-state index is -1.88. The molecule has 2 aliphatic rings. The summed E-state index contributed by atoms with van der Waals surface area (Å²) in [6.07, 6.45) is -0.456. The minimum absolute atomic E-state index is 0.0118. The van der Waals surface area contributed by atoms with Gasteiger partial charge in [-0.1, -0.05) is 18.2 Å². The maximum absolute atomic E-state index is 13.6. The van der Waals surface area contributed by atoms with Crippen molar-refractivity contribution < 1.29 is 28.6 Å². The molecule has 9 heteroatoms. The molecular formula is C21H21N3O6. The van der Waals surface area contributed by atoms with Crippen LogP contribution in [0.15, 0.2) is 47.1 Å². The Balaban J connectivity index is 2.38. The fourth-order valence-electron chi connectivity index (χ4n) is 3.87. The quantitative estimate of drug-likeness (QED) is 0.719. The van der Waals surface area contributed by atoms with E-state index in [0.29, 0.717) is 11.3 Å². The van der Waals surface area contributed by atoms with Crippen molar-refractivity contribution in [2.45, 2.75) is 25.7 Å². The van der Waals surface area contributed by atoms with E-state index < -0.39 is 29.7 Å². The van der Waals surface area contributed by atoms with Gasteiger partial charge in [0, 0.05) is 18.3 Å². The highest BCUT2D eigenvalue weighted by atomic mass is 16.5. The zero-order valence-electron chi connectivity index (χ0n) is 16.9. The van der Waals surface area contributed by atoms with E-state index in [-0.39, 0.29) is 36.0 Å². The molecule has 1 amide bonds. The van der Waals surface area contributed by atoms with Crippen LogP contribution in [0.25, 0.3) is 0 Å². The molecule has 2 heterocycles. The van der Waals surface area contributed by atoms with Gasteiger partial charge < -0.3 is 24.8 Å². The van der Waals surface area contributed by atoms with E-state index in [9.17, 15) is 19.6 Å². The van der Waals surface area contributed by atoms with Gasteiger partial charge in [-0.3, -0.25) is 9.59 Å². The maximum Gasteiger partial charge on any atom is 0.339 e. The molecule has 1 spiro atoms. The largest absolute Gasteiger partial charge is 0.466 e. The number of likely N-dealkylation sites (N-methyl/N-ethyl adjacent to an activating group) is 1. The molecule has 1 unspecified atom stereocenters. The summed E-state index contributed by atoms with van der Waals surface area (Å²) in [5, 5.41) is 9.89. The Morgan fingerprint density at radius 1 is 1.23 bits per heavy atom. The van der Waals surface area contributed by atoms with Crippen LogP contribution in [0.5, 0.6) is 0 Å². The third-order valence-electron chi connectivity index (χ3n) is 5.00. The molecule has 0 saturated heterocycles. The lowest BCUT2D eigenvalue weighted by Crippen LogP contribution is -2.48. The number of hydrogen-bond acceptors (Lipinski definition) is 8. The summed E-state index contributed by atoms with van der Waals surface area (Å²) in [6.45, 7) is 3.37. The molecule has 1 aromatic rings. The predicted molar refractivity (Wildman–Crippen MR) is 104 cm³/mol. The molecule has 0 saturated carbocycles. The molecule has 1 atom stereocenters. The molecular weight excluding hydrogens is 390 g/mol. The topological polar surface area (TPSA) is 132 Å². The van der Waals surface area contributed by atoms with Crippen LogP contribution in [0.1, 0.15) is 25.8 Å². The fraction of sp³-hybridized carbons (Fsp3) is 0.333. The van der Waals surface area contributed by atoms with Crippen molar-refractivity contribution >= 4 is 23.5 Å². The number of para-hydroxylation sites is 1. The summed E-state index contributed by atoms with van der Waals surface area (Å²) in [5.41, 5.74) is 4.53. The Kier molecular flexibility index (Phi) is 5.52. The third-order valence-corrected chi connectivity index (χ3v) is 5.00. The van der Waals surface area contributed by atoms with Crippen molar-refractivity contribution in [1.29, 1.82) is 5.26 Å². The zero-order chi connectivity index (χ0) is 22.1. The van der Waals surface area contributed by atoms with Gasteiger partial charge in [-0.05, 0) is 19.9 Å². The van der Waals surface area contributed by atoms with Crippen molar-refractivity contribution in [3.8, 4) is 6.07 Å². The van der Waals surface area contributed by atoms with Crippen LogP contribution in [0.4, 0.5) is 5.69 Å². The second kappa shape index (κ2) is 7.91. The summed E-state index contributed by atoms with van der Waals surface area (Å²) < 4.78 is 15.7. The van der Waals surface area contributed by atoms with Gasteiger partial charge in [-0.2, -0.15) is 5.26 Å². The number of nitriles is 1. The Morgan fingerprint density at radius 3 is 2.53 bits per heavy atom. The summed E-state index contributed by atoms with van der Waals surface area (Å²) in [4.78, 5) is 40.2. The normalized spacial score (nSPS) is 20.1. The Labute approximate surface area is 173 Å². The van der Waals surface area contributed by atoms with Crippen LogP contribution in [-0.2, 0) is 34.0 Å². The smallest absolute Gasteiger partial charge is 0.339 e. The van der Waals surface area contributed by atoms with Crippen LogP contribution in [0.3, 0.4) is 0 Å². The average Bonchev–Trinajstić information content (AvgIpc) is 2.92. The molecule has 0 aromatic heterocycles. The standard InChI is InChI=1S/C21H21N3O6/c1-4-28-16(25)10-15-17(19(26)29-5-2)21(13(11-22)18(23)30-15)12-8-6-7-9-14(12)24(3)20(21)27/h6-9H,4-5,10,23H2,1-3H3. The number of nitrogens with two attached hydrogens (primary N) is 1. The molecule has 2 N–H and O–H groups in total. The zero-order valence-corrected chi connectivity index (χ0v) is 16.9. The number of nitrogens with zero attached hydrogens (tertiary/aromatic N) is 2. The summed E-state index contributed by atoms with van der Waals surface area (Å²) in [5.74, 6) is -2.67. The first-order valence-corrected chi connectivity index (χ1v) is 9.36. The van der Waals surface area contributed by atoms with E-state index in [1.54, 1.807) is 38.1 Å². The second-order valence-electron chi connectivity index (χ2n) is 6.58. The number of carbonyl (C=O) groups excluding carboxylic acids is 3. The molecule has 0 aliphatic carbocycles. The number of anilines is 1. The number of amides is 1. The molecule has 0 fully saturated rings. The number of hydrogen-bond donors (Lipinski definition) is 1. The van der Waals surface area contributed by atoms with Gasteiger partial charge >= 0.3 is 11.9 Å². The number of fused-ring (bicyclic) bond motifs is 2. The Morgan fingerprint density at radius 2 is 1.90 bits per heavy atom. The van der Waals surface area contributed by atoms with Crippen LogP contribution >= 0.6 is 0 Å². The SMILES string of the molecule is CCOC(=O)CC1=C(C(=O)OCC)C2(C(=O)N(C)c3ccccc32)C(C#N)=C(N)O1. The summed E-state index contributed by atoms with van der Waals surface area (Å²) in [7, 11) is 1.53. The third kappa shape index (κ3) is 2.88. The molecule has 1 aromatic carbocycles. The summed E-state index contributed by atoms with van der Waals surface area (Å²) in [6, 6.07) is 8.66. The lowest BCUT2D eigenvalue weighted by atomic mass is 9.68. The molecule has 0 radical (unpaired) electrons. The lowest BCUT2D eigenvalue weighted by molar-refractivity contribution is -0.143. The fourth-order valence-corrected chi connectivity index (χ4v) is 3.87. The molecule has 30 heavy (non-hydrogen) atoms. The van der Waals surface area contributed by atoms with Crippen LogP contribution < -0.4 is 10.6 Å². The highest BCUT2D eigenvalue weighted by Crippen LogP contribution is 2.54. The Bertz CT molecular complexity index is 1040. The number of esters is 2. The van der Waals surface area contributed by atoms with Gasteiger partial charge in [0.25, 0.3) is 0 Å². The van der Waals surface area contributed by atoms with E-state index in [1.807, 2.05) is 6.07 Å². The van der Waals surface area contributed by atoms with E-state index in [4.69, 9.17) is 19.9 Å². The van der Waals surface area contributed by atoms with Crippen LogP contribution in [0, 0.1) is 11.3 Å². The molecule has 0 bridgehead atoms. The lowest BCUT2D eigenvalue weighted by Gasteiger charge is -2.34. The van der Waals surface area contributed by atoms with Crippen LogP contribution in [-0.4, -0.2) is 38.1 Å².